The molecule has 0 aromatic carbocycles. The summed E-state index contributed by atoms with van der Waals surface area (Å²) in [6, 6.07) is 1.78. The predicted molar refractivity (Wildman–Crippen MR) is 54.8 cm³/mol. The number of methoxy groups -OCH3 is 1. The summed E-state index contributed by atoms with van der Waals surface area (Å²) in [5.74, 6) is 1.12. The summed E-state index contributed by atoms with van der Waals surface area (Å²) in [7, 11) is 3.28. The van der Waals surface area contributed by atoms with Crippen molar-refractivity contribution < 1.29 is 13.9 Å². The zero-order valence-corrected chi connectivity index (χ0v) is 9.22. The molecule has 15 heavy (non-hydrogen) atoms. The van der Waals surface area contributed by atoms with Gasteiger partial charge in [0.25, 0.3) is 0 Å². The Morgan fingerprint density at radius 2 is 2.27 bits per heavy atom. The maximum atomic E-state index is 11.4. The van der Waals surface area contributed by atoms with Gasteiger partial charge < -0.3 is 14.5 Å². The standard InChI is InChI=1S/C11H15NO3/c1-7-8(10(13)14-3)6-9(15-7)11(12-2)4-5-11/h6,12H,4-5H2,1-3H3. The van der Waals surface area contributed by atoms with Gasteiger partial charge in [-0.15, -0.1) is 0 Å². The van der Waals surface area contributed by atoms with Crippen LogP contribution in [-0.2, 0) is 10.3 Å². The molecule has 0 amide bonds. The van der Waals surface area contributed by atoms with Crippen LogP contribution in [0.15, 0.2) is 10.5 Å². The fourth-order valence-electron chi connectivity index (χ4n) is 1.78. The Hall–Kier alpha value is -1.29. The Balaban J connectivity index is 2.33. The second-order valence-corrected chi connectivity index (χ2v) is 3.90. The highest BCUT2D eigenvalue weighted by Crippen LogP contribution is 2.46. The molecule has 82 valence electrons. The maximum Gasteiger partial charge on any atom is 0.341 e. The van der Waals surface area contributed by atoms with Crippen molar-refractivity contribution in [3.05, 3.63) is 23.2 Å². The van der Waals surface area contributed by atoms with E-state index in [1.807, 2.05) is 7.05 Å². The summed E-state index contributed by atoms with van der Waals surface area (Å²) in [5.41, 5.74) is 0.478. The van der Waals surface area contributed by atoms with Gasteiger partial charge in [-0.3, -0.25) is 0 Å². The first-order valence-corrected chi connectivity index (χ1v) is 5.01. The largest absolute Gasteiger partial charge is 0.465 e. The number of furan rings is 1. The van der Waals surface area contributed by atoms with E-state index in [-0.39, 0.29) is 11.5 Å². The van der Waals surface area contributed by atoms with Crippen LogP contribution >= 0.6 is 0 Å². The van der Waals surface area contributed by atoms with Gasteiger partial charge in [-0.2, -0.15) is 0 Å². The number of carbonyl (C=O) groups is 1. The van der Waals surface area contributed by atoms with Gasteiger partial charge in [0.2, 0.25) is 0 Å². The number of carbonyl (C=O) groups excluding carboxylic acids is 1. The first kappa shape index (κ1) is 10.2. The molecule has 0 aliphatic heterocycles. The van der Waals surface area contributed by atoms with E-state index >= 15 is 0 Å². The Morgan fingerprint density at radius 1 is 1.60 bits per heavy atom. The minimum Gasteiger partial charge on any atom is -0.465 e. The molecular formula is C11H15NO3. The van der Waals surface area contributed by atoms with Crippen LogP contribution in [0.3, 0.4) is 0 Å². The molecule has 1 N–H and O–H groups in total. The van der Waals surface area contributed by atoms with E-state index in [1.54, 1.807) is 13.0 Å². The number of hydrogen-bond donors (Lipinski definition) is 1. The quantitative estimate of drug-likeness (QED) is 0.768. The number of ether oxygens (including phenoxy) is 1. The Labute approximate surface area is 88.6 Å². The van der Waals surface area contributed by atoms with E-state index in [4.69, 9.17) is 4.42 Å². The lowest BCUT2D eigenvalue weighted by atomic mass is 10.1. The van der Waals surface area contributed by atoms with Crippen molar-refractivity contribution in [1.82, 2.24) is 5.32 Å². The summed E-state index contributed by atoms with van der Waals surface area (Å²) in [5, 5.41) is 3.22. The second kappa shape index (κ2) is 3.38. The molecule has 4 nitrogen and oxygen atoms in total. The molecule has 0 spiro atoms. The molecule has 1 aliphatic carbocycles. The van der Waals surface area contributed by atoms with Crippen molar-refractivity contribution in [2.45, 2.75) is 25.3 Å². The minimum atomic E-state index is -0.339. The number of esters is 1. The lowest BCUT2D eigenvalue weighted by Crippen LogP contribution is -2.23. The van der Waals surface area contributed by atoms with Crippen LogP contribution in [-0.4, -0.2) is 20.1 Å². The zero-order chi connectivity index (χ0) is 11.1. The van der Waals surface area contributed by atoms with Crippen LogP contribution in [0.4, 0.5) is 0 Å². The molecule has 0 saturated heterocycles. The SMILES string of the molecule is CNC1(c2cc(C(=O)OC)c(C)o2)CC1. The number of nitrogens with one attached hydrogen (secondary N) is 1. The Morgan fingerprint density at radius 3 is 2.73 bits per heavy atom. The second-order valence-electron chi connectivity index (χ2n) is 3.90. The number of hydrogen-bond acceptors (Lipinski definition) is 4. The maximum absolute atomic E-state index is 11.4. The van der Waals surface area contributed by atoms with E-state index < -0.39 is 0 Å². The van der Waals surface area contributed by atoms with E-state index in [1.165, 1.54) is 7.11 Å². The average molecular weight is 209 g/mol. The minimum absolute atomic E-state index is 0.0446. The van der Waals surface area contributed by atoms with Crippen LogP contribution in [0.2, 0.25) is 0 Å². The summed E-state index contributed by atoms with van der Waals surface area (Å²) in [4.78, 5) is 11.4. The first-order chi connectivity index (χ1) is 7.13. The van der Waals surface area contributed by atoms with E-state index in [2.05, 4.69) is 10.1 Å². The molecule has 4 heteroatoms. The van der Waals surface area contributed by atoms with Crippen LogP contribution in [0, 0.1) is 6.92 Å². The van der Waals surface area contributed by atoms with E-state index in [9.17, 15) is 4.79 Å². The van der Waals surface area contributed by atoms with Crippen LogP contribution in [0.5, 0.6) is 0 Å². The van der Waals surface area contributed by atoms with Gasteiger partial charge in [0, 0.05) is 0 Å². The molecule has 2 rings (SSSR count). The molecule has 1 aromatic heterocycles. The van der Waals surface area contributed by atoms with Gasteiger partial charge >= 0.3 is 5.97 Å². The van der Waals surface area contributed by atoms with E-state index in [0.29, 0.717) is 11.3 Å². The van der Waals surface area contributed by atoms with Gasteiger partial charge in [0.15, 0.2) is 0 Å². The average Bonchev–Trinajstić information content (AvgIpc) is 2.96. The molecular weight excluding hydrogens is 194 g/mol. The highest BCUT2D eigenvalue weighted by atomic mass is 16.5. The molecule has 0 radical (unpaired) electrons. The molecule has 0 atom stereocenters. The molecule has 1 aliphatic rings. The molecule has 0 bridgehead atoms. The van der Waals surface area contributed by atoms with Gasteiger partial charge in [-0.05, 0) is 32.9 Å². The van der Waals surface area contributed by atoms with Crippen LogP contribution in [0.1, 0.15) is 34.7 Å². The van der Waals surface area contributed by atoms with Crippen molar-refractivity contribution in [3.8, 4) is 0 Å². The lowest BCUT2D eigenvalue weighted by molar-refractivity contribution is 0.0599. The van der Waals surface area contributed by atoms with Gasteiger partial charge in [0.05, 0.1) is 12.6 Å². The summed E-state index contributed by atoms with van der Waals surface area (Å²) < 4.78 is 10.3. The number of rotatable bonds is 3. The first-order valence-electron chi connectivity index (χ1n) is 5.01. The summed E-state index contributed by atoms with van der Waals surface area (Å²) >= 11 is 0. The zero-order valence-electron chi connectivity index (χ0n) is 9.22. The van der Waals surface area contributed by atoms with Gasteiger partial charge in [-0.25, -0.2) is 4.79 Å². The third-order valence-corrected chi connectivity index (χ3v) is 3.02. The molecule has 1 heterocycles. The fourth-order valence-corrected chi connectivity index (χ4v) is 1.78. The molecule has 1 fully saturated rings. The molecule has 1 aromatic rings. The van der Waals surface area contributed by atoms with Crippen molar-refractivity contribution in [2.24, 2.45) is 0 Å². The van der Waals surface area contributed by atoms with Gasteiger partial charge in [0.1, 0.15) is 17.1 Å². The van der Waals surface area contributed by atoms with Crippen LogP contribution in [0.25, 0.3) is 0 Å². The van der Waals surface area contributed by atoms with Crippen LogP contribution < -0.4 is 5.32 Å². The normalized spacial score (nSPS) is 17.5. The van der Waals surface area contributed by atoms with Crippen molar-refractivity contribution in [3.63, 3.8) is 0 Å². The number of aryl methyl sites for hydroxylation is 1. The molecule has 1 saturated carbocycles. The van der Waals surface area contributed by atoms with E-state index in [0.717, 1.165) is 18.6 Å². The van der Waals surface area contributed by atoms with Crippen molar-refractivity contribution in [2.75, 3.05) is 14.2 Å². The molecule has 0 unspecified atom stereocenters. The highest BCUT2D eigenvalue weighted by molar-refractivity contribution is 5.90. The fraction of sp³-hybridized carbons (Fsp3) is 0.545. The summed E-state index contributed by atoms with van der Waals surface area (Å²) in [6.45, 7) is 1.78. The smallest absolute Gasteiger partial charge is 0.341 e. The monoisotopic (exact) mass is 209 g/mol. The topological polar surface area (TPSA) is 51.5 Å². The third kappa shape index (κ3) is 1.55. The summed E-state index contributed by atoms with van der Waals surface area (Å²) in [6.07, 6.45) is 2.11. The van der Waals surface area contributed by atoms with Crippen molar-refractivity contribution >= 4 is 5.97 Å². The van der Waals surface area contributed by atoms with Gasteiger partial charge in [-0.1, -0.05) is 0 Å². The Bertz CT molecular complexity index is 391. The van der Waals surface area contributed by atoms with Crippen molar-refractivity contribution in [1.29, 1.82) is 0 Å². The highest BCUT2D eigenvalue weighted by Gasteiger charge is 2.46. The third-order valence-electron chi connectivity index (χ3n) is 3.02. The Kier molecular flexibility index (Phi) is 2.31. The lowest BCUT2D eigenvalue weighted by Gasteiger charge is -2.09. The predicted octanol–water partition coefficient (Wildman–Crippen LogP) is 1.58.